The van der Waals surface area contributed by atoms with Crippen LogP contribution in [0.15, 0.2) is 42.5 Å². The summed E-state index contributed by atoms with van der Waals surface area (Å²) in [5, 5.41) is 3.87. The molecular formula is C24H30Cl3N3O4S. The first-order valence-electron chi connectivity index (χ1n) is 11.2. The van der Waals surface area contributed by atoms with Gasteiger partial charge in [0.2, 0.25) is 21.8 Å². The zero-order valence-electron chi connectivity index (χ0n) is 19.9. The molecule has 7 nitrogen and oxygen atoms in total. The smallest absolute Gasteiger partial charge is 0.244 e. The van der Waals surface area contributed by atoms with Crippen molar-refractivity contribution in [3.05, 3.63) is 63.1 Å². The van der Waals surface area contributed by atoms with E-state index >= 15 is 0 Å². The van der Waals surface area contributed by atoms with Crippen molar-refractivity contribution in [1.82, 2.24) is 10.2 Å². The number of carbonyl (C=O) groups is 2. The Bertz CT molecular complexity index is 1110. The van der Waals surface area contributed by atoms with E-state index in [9.17, 15) is 18.0 Å². The maximum atomic E-state index is 13.6. The Morgan fingerprint density at radius 2 is 1.57 bits per heavy atom. The van der Waals surface area contributed by atoms with Gasteiger partial charge in [-0.1, -0.05) is 67.2 Å². The molecule has 192 valence electrons. The summed E-state index contributed by atoms with van der Waals surface area (Å²) in [6, 6.07) is 10.4. The molecule has 2 rings (SSSR count). The summed E-state index contributed by atoms with van der Waals surface area (Å²) < 4.78 is 26.2. The molecule has 0 spiro atoms. The van der Waals surface area contributed by atoms with Crippen molar-refractivity contribution in [2.24, 2.45) is 0 Å². The fourth-order valence-electron chi connectivity index (χ4n) is 3.51. The third-order valence-electron chi connectivity index (χ3n) is 5.30. The molecule has 0 aliphatic rings. The highest BCUT2D eigenvalue weighted by atomic mass is 35.5. The number of nitrogens with zero attached hydrogens (tertiary/aromatic N) is 2. The van der Waals surface area contributed by atoms with Crippen LogP contribution in [0.2, 0.25) is 15.1 Å². The van der Waals surface area contributed by atoms with Crippen LogP contribution < -0.4 is 9.62 Å². The van der Waals surface area contributed by atoms with Crippen molar-refractivity contribution in [1.29, 1.82) is 0 Å². The van der Waals surface area contributed by atoms with Crippen LogP contribution >= 0.6 is 34.8 Å². The lowest BCUT2D eigenvalue weighted by Crippen LogP contribution is -2.52. The van der Waals surface area contributed by atoms with Crippen molar-refractivity contribution in [3.8, 4) is 0 Å². The lowest BCUT2D eigenvalue weighted by Gasteiger charge is -2.33. The quantitative estimate of drug-likeness (QED) is 0.363. The van der Waals surface area contributed by atoms with Crippen molar-refractivity contribution in [3.63, 3.8) is 0 Å². The lowest BCUT2D eigenvalue weighted by atomic mass is 10.1. The first-order valence-corrected chi connectivity index (χ1v) is 14.2. The van der Waals surface area contributed by atoms with Crippen LogP contribution in [0.1, 0.15) is 38.7 Å². The molecule has 35 heavy (non-hydrogen) atoms. The summed E-state index contributed by atoms with van der Waals surface area (Å²) in [4.78, 5) is 28.0. The number of hydrogen-bond acceptors (Lipinski definition) is 4. The Morgan fingerprint density at radius 1 is 0.971 bits per heavy atom. The summed E-state index contributed by atoms with van der Waals surface area (Å²) in [5.41, 5.74) is 0.907. The Balaban J connectivity index is 2.42. The summed E-state index contributed by atoms with van der Waals surface area (Å²) in [6.07, 6.45) is 3.06. The van der Waals surface area contributed by atoms with Gasteiger partial charge in [0.05, 0.1) is 11.9 Å². The predicted molar refractivity (Wildman–Crippen MR) is 143 cm³/mol. The van der Waals surface area contributed by atoms with Gasteiger partial charge >= 0.3 is 0 Å². The molecule has 0 saturated carbocycles. The van der Waals surface area contributed by atoms with Gasteiger partial charge in [0.1, 0.15) is 12.6 Å². The van der Waals surface area contributed by atoms with Gasteiger partial charge < -0.3 is 10.2 Å². The Hall–Kier alpha value is -2.00. The van der Waals surface area contributed by atoms with Gasteiger partial charge in [0.25, 0.3) is 0 Å². The second-order valence-electron chi connectivity index (χ2n) is 8.11. The van der Waals surface area contributed by atoms with Crippen LogP contribution in [-0.2, 0) is 26.2 Å². The molecule has 1 atom stereocenters. The summed E-state index contributed by atoms with van der Waals surface area (Å²) >= 11 is 18.1. The third kappa shape index (κ3) is 8.86. The van der Waals surface area contributed by atoms with Crippen LogP contribution in [0.5, 0.6) is 0 Å². The second-order valence-corrected chi connectivity index (χ2v) is 11.3. The molecular weight excluding hydrogens is 533 g/mol. The topological polar surface area (TPSA) is 86.8 Å². The molecule has 1 N–H and O–H groups in total. The number of benzene rings is 2. The number of anilines is 1. The molecule has 0 fully saturated rings. The van der Waals surface area contributed by atoms with Gasteiger partial charge in [0, 0.05) is 28.2 Å². The van der Waals surface area contributed by atoms with E-state index in [0.29, 0.717) is 18.0 Å². The van der Waals surface area contributed by atoms with E-state index in [1.165, 1.54) is 23.1 Å². The average Bonchev–Trinajstić information content (AvgIpc) is 2.77. The Kier molecular flexibility index (Phi) is 11.1. The molecule has 2 amide bonds. The number of hydrogen-bond donors (Lipinski definition) is 1. The van der Waals surface area contributed by atoms with Crippen molar-refractivity contribution < 1.29 is 18.0 Å². The average molecular weight is 563 g/mol. The van der Waals surface area contributed by atoms with Crippen molar-refractivity contribution in [2.75, 3.05) is 23.7 Å². The van der Waals surface area contributed by atoms with Crippen LogP contribution in [0.4, 0.5) is 5.69 Å². The van der Waals surface area contributed by atoms with E-state index < -0.39 is 28.5 Å². The fraction of sp³-hybridized carbons (Fsp3) is 0.417. The molecule has 0 aliphatic carbocycles. The molecule has 0 bridgehead atoms. The van der Waals surface area contributed by atoms with E-state index in [-0.39, 0.29) is 28.2 Å². The summed E-state index contributed by atoms with van der Waals surface area (Å²) in [7, 11) is -3.88. The second kappa shape index (κ2) is 13.3. The Labute approximate surface area is 222 Å². The van der Waals surface area contributed by atoms with E-state index in [2.05, 4.69) is 5.32 Å². The first-order chi connectivity index (χ1) is 16.5. The van der Waals surface area contributed by atoms with Gasteiger partial charge in [0.15, 0.2) is 0 Å². The zero-order chi connectivity index (χ0) is 26.2. The van der Waals surface area contributed by atoms with Gasteiger partial charge in [-0.05, 0) is 48.7 Å². The molecule has 0 aromatic heterocycles. The number of nitrogens with one attached hydrogen (secondary N) is 1. The molecule has 2 aromatic carbocycles. The largest absolute Gasteiger partial charge is 0.354 e. The molecule has 2 aromatic rings. The van der Waals surface area contributed by atoms with Gasteiger partial charge in [-0.25, -0.2) is 8.42 Å². The number of rotatable bonds is 12. The highest BCUT2D eigenvalue weighted by Gasteiger charge is 2.31. The number of sulfonamides is 1. The van der Waals surface area contributed by atoms with E-state index in [4.69, 9.17) is 34.8 Å². The van der Waals surface area contributed by atoms with Crippen LogP contribution in [0, 0.1) is 0 Å². The number of amides is 2. The van der Waals surface area contributed by atoms with Crippen LogP contribution in [-0.4, -0.2) is 50.5 Å². The maximum Gasteiger partial charge on any atom is 0.244 e. The molecule has 11 heteroatoms. The Morgan fingerprint density at radius 3 is 2.09 bits per heavy atom. The minimum atomic E-state index is -3.88. The monoisotopic (exact) mass is 561 g/mol. The number of carbonyl (C=O) groups excluding carboxylic acids is 2. The van der Waals surface area contributed by atoms with E-state index in [1.807, 2.05) is 6.92 Å². The lowest BCUT2D eigenvalue weighted by molar-refractivity contribution is -0.140. The fourth-order valence-corrected chi connectivity index (χ4v) is 4.98. The SMILES string of the molecule is CCCCNC(=O)[C@H](CC)N(Cc1ccc(Cl)cc1)C(=O)CN(c1cc(Cl)cc(Cl)c1)S(C)(=O)=O. The van der Waals surface area contributed by atoms with Gasteiger partial charge in [-0.2, -0.15) is 0 Å². The highest BCUT2D eigenvalue weighted by Crippen LogP contribution is 2.27. The summed E-state index contributed by atoms with van der Waals surface area (Å²) in [6.45, 7) is 3.88. The van der Waals surface area contributed by atoms with Gasteiger partial charge in [-0.15, -0.1) is 0 Å². The van der Waals surface area contributed by atoms with E-state index in [0.717, 1.165) is 29.0 Å². The molecule has 0 radical (unpaired) electrons. The highest BCUT2D eigenvalue weighted by molar-refractivity contribution is 7.92. The molecule has 0 aliphatic heterocycles. The minimum absolute atomic E-state index is 0.101. The zero-order valence-corrected chi connectivity index (χ0v) is 23.0. The van der Waals surface area contributed by atoms with Crippen molar-refractivity contribution in [2.45, 2.75) is 45.7 Å². The third-order valence-corrected chi connectivity index (χ3v) is 7.13. The van der Waals surface area contributed by atoms with Crippen LogP contribution in [0.3, 0.4) is 0 Å². The normalized spacial score (nSPS) is 12.2. The first kappa shape index (κ1) is 29.2. The summed E-state index contributed by atoms with van der Waals surface area (Å²) in [5.74, 6) is -0.834. The number of unbranched alkanes of at least 4 members (excludes halogenated alkanes) is 1. The van der Waals surface area contributed by atoms with Gasteiger partial charge in [-0.3, -0.25) is 13.9 Å². The van der Waals surface area contributed by atoms with Crippen molar-refractivity contribution >= 4 is 62.3 Å². The molecule has 0 heterocycles. The minimum Gasteiger partial charge on any atom is -0.354 e. The number of halogens is 3. The maximum absolute atomic E-state index is 13.6. The van der Waals surface area contributed by atoms with Crippen LogP contribution in [0.25, 0.3) is 0 Å². The molecule has 0 unspecified atom stereocenters. The predicted octanol–water partition coefficient (Wildman–Crippen LogP) is 5.14. The standard InChI is InChI=1S/C24H30Cl3N3O4S/c1-4-6-11-28-24(32)22(5-2)29(15-17-7-9-18(25)10-8-17)23(31)16-30(35(3,33)34)21-13-19(26)12-20(27)14-21/h7-10,12-14,22H,4-6,11,15-16H2,1-3H3,(H,28,32)/t22-/m0/s1. The molecule has 0 saturated heterocycles. The van der Waals surface area contributed by atoms with E-state index in [1.54, 1.807) is 31.2 Å².